The van der Waals surface area contributed by atoms with Gasteiger partial charge in [-0.05, 0) is 6.42 Å². The highest BCUT2D eigenvalue weighted by Gasteiger charge is 2.25. The third kappa shape index (κ3) is 25.2. The van der Waals surface area contributed by atoms with Crippen molar-refractivity contribution in [2.75, 3.05) is 54.6 Å². The molecule has 9 heteroatoms. The van der Waals surface area contributed by atoms with Crippen LogP contribution in [0.5, 0.6) is 0 Å². The van der Waals surface area contributed by atoms with Gasteiger partial charge in [0, 0.05) is 13.5 Å². The number of nitrogens with zero attached hydrogens (tertiary/aromatic N) is 1. The average Bonchev–Trinajstić information content (AvgIpc) is 2.80. The fourth-order valence-electron chi connectivity index (χ4n) is 3.73. The zero-order chi connectivity index (χ0) is 27.1. The van der Waals surface area contributed by atoms with Crippen LogP contribution in [0.1, 0.15) is 110 Å². The molecule has 0 amide bonds. The van der Waals surface area contributed by atoms with Crippen LogP contribution >= 0.6 is 7.82 Å². The molecule has 0 aliphatic heterocycles. The van der Waals surface area contributed by atoms with Gasteiger partial charge in [-0.2, -0.15) is 0 Å². The summed E-state index contributed by atoms with van der Waals surface area (Å²) >= 11 is 0. The standard InChI is InChI=1S/C27H56NO7P/c1-6-7-8-9-10-11-12-13-14-15-16-17-18-19-20-21-27(29)33-24-26(32-5)25-35-36(30,31)34-23-22-28(2,3)4/h26H,6-25H2,1-5H3/p+1/t26-/m1/s1. The van der Waals surface area contributed by atoms with E-state index in [1.807, 2.05) is 21.1 Å². The first-order valence-corrected chi connectivity index (χ1v) is 15.7. The van der Waals surface area contributed by atoms with Gasteiger partial charge in [0.2, 0.25) is 0 Å². The van der Waals surface area contributed by atoms with Crippen molar-refractivity contribution in [3.8, 4) is 0 Å². The summed E-state index contributed by atoms with van der Waals surface area (Å²) in [7, 11) is 3.15. The average molecular weight is 539 g/mol. The summed E-state index contributed by atoms with van der Waals surface area (Å²) in [5.74, 6) is -0.280. The quantitative estimate of drug-likeness (QED) is 0.0571. The lowest BCUT2D eigenvalue weighted by Gasteiger charge is -2.24. The van der Waals surface area contributed by atoms with E-state index in [0.29, 0.717) is 17.4 Å². The molecule has 8 nitrogen and oxygen atoms in total. The number of ether oxygens (including phenoxy) is 2. The molecule has 1 unspecified atom stereocenters. The lowest BCUT2D eigenvalue weighted by atomic mass is 10.0. The van der Waals surface area contributed by atoms with Crippen LogP contribution in [0.2, 0.25) is 0 Å². The van der Waals surface area contributed by atoms with Crippen molar-refractivity contribution in [1.82, 2.24) is 0 Å². The smallest absolute Gasteiger partial charge is 0.463 e. The van der Waals surface area contributed by atoms with Crippen molar-refractivity contribution in [3.05, 3.63) is 0 Å². The number of carbonyl (C=O) groups excluding carboxylic acids is 1. The molecule has 0 bridgehead atoms. The van der Waals surface area contributed by atoms with Crippen LogP contribution in [0.25, 0.3) is 0 Å². The van der Waals surface area contributed by atoms with E-state index in [0.717, 1.165) is 19.3 Å². The van der Waals surface area contributed by atoms with E-state index in [1.54, 1.807) is 0 Å². The molecule has 0 aromatic heterocycles. The van der Waals surface area contributed by atoms with Crippen LogP contribution in [0, 0.1) is 0 Å². The molecule has 0 heterocycles. The molecular weight excluding hydrogens is 481 g/mol. The third-order valence-corrected chi connectivity index (χ3v) is 7.17. The summed E-state index contributed by atoms with van der Waals surface area (Å²) in [4.78, 5) is 21.8. The van der Waals surface area contributed by atoms with Gasteiger partial charge in [-0.25, -0.2) is 4.57 Å². The minimum atomic E-state index is -4.17. The number of quaternary nitrogens is 1. The SMILES string of the molecule is CCCCCCCCCCCCCCCCCC(=O)OC[C@H](COP(=O)(O)OCC[N+](C)(C)C)OC. The molecule has 0 saturated carbocycles. The van der Waals surface area contributed by atoms with E-state index < -0.39 is 13.9 Å². The molecule has 1 N–H and O–H groups in total. The Balaban J connectivity index is 3.65. The number of likely N-dealkylation sites (N-methyl/N-ethyl adjacent to an activating group) is 1. The number of hydrogen-bond acceptors (Lipinski definition) is 6. The second-order valence-corrected chi connectivity index (χ2v) is 12.3. The summed E-state index contributed by atoms with van der Waals surface area (Å²) in [6, 6.07) is 0. The van der Waals surface area contributed by atoms with Crippen molar-refractivity contribution in [3.63, 3.8) is 0 Å². The molecule has 0 spiro atoms. The normalized spacial score (nSPS) is 14.5. The topological polar surface area (TPSA) is 91.3 Å². The maximum absolute atomic E-state index is 12.0. The van der Waals surface area contributed by atoms with E-state index in [4.69, 9.17) is 18.5 Å². The molecule has 36 heavy (non-hydrogen) atoms. The summed E-state index contributed by atoms with van der Waals surface area (Å²) in [5, 5.41) is 0. The highest BCUT2D eigenvalue weighted by Crippen LogP contribution is 2.43. The van der Waals surface area contributed by atoms with Crippen molar-refractivity contribution >= 4 is 13.8 Å². The molecule has 2 atom stereocenters. The van der Waals surface area contributed by atoms with Gasteiger partial charge in [-0.15, -0.1) is 0 Å². The number of rotatable bonds is 26. The number of phosphoric acid groups is 1. The molecule has 0 aromatic carbocycles. The van der Waals surface area contributed by atoms with E-state index >= 15 is 0 Å². The van der Waals surface area contributed by atoms with Crippen LogP contribution in [-0.2, 0) is 27.9 Å². The monoisotopic (exact) mass is 538 g/mol. The predicted molar refractivity (Wildman–Crippen MR) is 146 cm³/mol. The van der Waals surface area contributed by atoms with Crippen molar-refractivity contribution in [2.24, 2.45) is 0 Å². The fourth-order valence-corrected chi connectivity index (χ4v) is 4.47. The molecule has 0 rings (SSSR count). The summed E-state index contributed by atoms with van der Waals surface area (Å²) in [5.41, 5.74) is 0. The maximum atomic E-state index is 12.0. The number of esters is 1. The molecule has 0 aliphatic carbocycles. The van der Waals surface area contributed by atoms with Gasteiger partial charge in [0.25, 0.3) is 0 Å². The Bertz CT molecular complexity index is 569. The van der Waals surface area contributed by atoms with Gasteiger partial charge in [-0.1, -0.05) is 96.8 Å². The Labute approximate surface area is 221 Å². The Morgan fingerprint density at radius 3 is 1.69 bits per heavy atom. The Morgan fingerprint density at radius 2 is 1.25 bits per heavy atom. The second-order valence-electron chi connectivity index (χ2n) is 10.9. The number of phosphoric ester groups is 1. The van der Waals surface area contributed by atoms with Crippen LogP contribution in [0.4, 0.5) is 0 Å². The Morgan fingerprint density at radius 1 is 0.778 bits per heavy atom. The molecular formula is C27H57NO7P+. The highest BCUT2D eigenvalue weighted by molar-refractivity contribution is 7.47. The lowest BCUT2D eigenvalue weighted by molar-refractivity contribution is -0.870. The molecule has 0 radical (unpaired) electrons. The van der Waals surface area contributed by atoms with Crippen molar-refractivity contribution < 1.29 is 37.3 Å². The maximum Gasteiger partial charge on any atom is 0.472 e. The van der Waals surface area contributed by atoms with Gasteiger partial charge in [0.15, 0.2) is 0 Å². The van der Waals surface area contributed by atoms with Crippen LogP contribution in [0.15, 0.2) is 0 Å². The first-order chi connectivity index (χ1) is 17.1. The highest BCUT2D eigenvalue weighted by atomic mass is 31.2. The first-order valence-electron chi connectivity index (χ1n) is 14.2. The van der Waals surface area contributed by atoms with Gasteiger partial charge >= 0.3 is 13.8 Å². The second kappa shape index (κ2) is 22.5. The summed E-state index contributed by atoms with van der Waals surface area (Å²) < 4.78 is 33.0. The largest absolute Gasteiger partial charge is 0.472 e. The van der Waals surface area contributed by atoms with E-state index in [2.05, 4.69) is 6.92 Å². The molecule has 216 valence electrons. The van der Waals surface area contributed by atoms with Crippen LogP contribution < -0.4 is 0 Å². The first kappa shape index (κ1) is 35.5. The van der Waals surface area contributed by atoms with Crippen molar-refractivity contribution in [1.29, 1.82) is 0 Å². The third-order valence-electron chi connectivity index (χ3n) is 6.19. The van der Waals surface area contributed by atoms with E-state index in [1.165, 1.54) is 84.2 Å². The summed E-state index contributed by atoms with van der Waals surface area (Å²) in [6.45, 7) is 2.72. The number of hydrogen-bond donors (Lipinski definition) is 1. The van der Waals surface area contributed by atoms with Gasteiger partial charge in [-0.3, -0.25) is 13.8 Å². The fraction of sp³-hybridized carbons (Fsp3) is 0.963. The molecule has 0 aliphatic rings. The van der Waals surface area contributed by atoms with Crippen molar-refractivity contribution in [2.45, 2.75) is 116 Å². The minimum absolute atomic E-state index is 0.0209. The number of unbranched alkanes of at least 4 members (excludes halogenated alkanes) is 14. The molecule has 0 fully saturated rings. The van der Waals surface area contributed by atoms with Crippen LogP contribution in [0.3, 0.4) is 0 Å². The van der Waals surface area contributed by atoms with Gasteiger partial charge in [0.05, 0.1) is 27.7 Å². The Hall–Kier alpha value is -0.500. The Kier molecular flexibility index (Phi) is 22.2. The minimum Gasteiger partial charge on any atom is -0.463 e. The van der Waals surface area contributed by atoms with E-state index in [9.17, 15) is 14.3 Å². The number of carbonyl (C=O) groups is 1. The lowest BCUT2D eigenvalue weighted by Crippen LogP contribution is -2.37. The predicted octanol–water partition coefficient (Wildman–Crippen LogP) is 6.65. The van der Waals surface area contributed by atoms with Crippen LogP contribution in [-0.4, -0.2) is 76.1 Å². The van der Waals surface area contributed by atoms with Gasteiger partial charge in [0.1, 0.15) is 25.9 Å². The molecule has 0 saturated heterocycles. The zero-order valence-electron chi connectivity index (χ0n) is 24.0. The van der Waals surface area contributed by atoms with Gasteiger partial charge < -0.3 is 18.9 Å². The van der Waals surface area contributed by atoms with E-state index in [-0.39, 0.29) is 25.8 Å². The number of methoxy groups -OCH3 is 1. The summed E-state index contributed by atoms with van der Waals surface area (Å²) in [6.07, 6.45) is 19.0. The zero-order valence-corrected chi connectivity index (χ0v) is 24.9. The molecule has 0 aromatic rings.